The van der Waals surface area contributed by atoms with Crippen molar-refractivity contribution in [2.45, 2.75) is 38.0 Å². The van der Waals surface area contributed by atoms with Crippen molar-refractivity contribution in [3.8, 4) is 11.1 Å². The quantitative estimate of drug-likeness (QED) is 0.758. The minimum atomic E-state index is -0.387. The Morgan fingerprint density at radius 1 is 1.07 bits per heavy atom. The van der Waals surface area contributed by atoms with Crippen LogP contribution >= 0.6 is 11.6 Å². The van der Waals surface area contributed by atoms with Crippen LogP contribution in [0.5, 0.6) is 0 Å². The van der Waals surface area contributed by atoms with E-state index in [1.807, 2.05) is 24.4 Å². The summed E-state index contributed by atoms with van der Waals surface area (Å²) < 4.78 is 0. The Hall–Kier alpha value is -2.72. The Kier molecular flexibility index (Phi) is 5.40. The summed E-state index contributed by atoms with van der Waals surface area (Å²) in [7, 11) is 0. The topological polar surface area (TPSA) is 58.5 Å². The van der Waals surface area contributed by atoms with E-state index in [0.717, 1.165) is 36.0 Å². The number of hydrogen-bond donors (Lipinski definition) is 1. The maximum absolute atomic E-state index is 12.2. The maximum atomic E-state index is 12.2. The Labute approximate surface area is 169 Å². The van der Waals surface area contributed by atoms with Crippen LogP contribution in [-0.2, 0) is 16.0 Å². The molecule has 1 atom stereocenters. The number of rotatable bonds is 4. The number of carbonyl (C=O) groups excluding carboxylic acids is 2. The van der Waals surface area contributed by atoms with Crippen LogP contribution in [0.4, 0.5) is 0 Å². The van der Waals surface area contributed by atoms with Crippen LogP contribution in [0, 0.1) is 0 Å². The zero-order valence-corrected chi connectivity index (χ0v) is 16.2. The number of nitrogens with one attached hydrogen (secondary N) is 1. The highest BCUT2D eigenvalue weighted by Crippen LogP contribution is 2.37. The van der Waals surface area contributed by atoms with Crippen molar-refractivity contribution in [1.29, 1.82) is 0 Å². The van der Waals surface area contributed by atoms with Crippen molar-refractivity contribution in [3.05, 3.63) is 70.9 Å². The molecule has 0 aliphatic carbocycles. The maximum Gasteiger partial charge on any atom is 0.234 e. The summed E-state index contributed by atoms with van der Waals surface area (Å²) in [6.45, 7) is 0. The predicted molar refractivity (Wildman–Crippen MR) is 112 cm³/mol. The lowest BCUT2D eigenvalue weighted by Gasteiger charge is -2.23. The molecule has 4 nitrogen and oxygen atoms in total. The second kappa shape index (κ2) is 8.11. The second-order valence-corrected chi connectivity index (χ2v) is 7.58. The van der Waals surface area contributed by atoms with Gasteiger partial charge in [0.25, 0.3) is 0 Å². The van der Waals surface area contributed by atoms with Gasteiger partial charge in [0.15, 0.2) is 0 Å². The number of aliphatic imine (C=N–C) groups is 1. The molecule has 1 unspecified atom stereocenters. The Morgan fingerprint density at radius 2 is 1.89 bits per heavy atom. The van der Waals surface area contributed by atoms with Gasteiger partial charge in [-0.25, -0.2) is 0 Å². The van der Waals surface area contributed by atoms with Crippen LogP contribution in [0.15, 0.2) is 59.7 Å². The number of amides is 2. The fraction of sp³-hybridized carbons (Fsp3) is 0.261. The van der Waals surface area contributed by atoms with Crippen LogP contribution in [0.25, 0.3) is 11.1 Å². The van der Waals surface area contributed by atoms with Gasteiger partial charge in [0.05, 0.1) is 10.9 Å². The molecule has 0 spiro atoms. The van der Waals surface area contributed by atoms with E-state index >= 15 is 0 Å². The number of hydrogen-bond acceptors (Lipinski definition) is 3. The summed E-state index contributed by atoms with van der Waals surface area (Å²) in [4.78, 5) is 28.1. The van der Waals surface area contributed by atoms with E-state index in [0.29, 0.717) is 17.9 Å². The minimum absolute atomic E-state index is 0.220. The average molecular weight is 393 g/mol. The molecule has 1 saturated heterocycles. The van der Waals surface area contributed by atoms with Gasteiger partial charge in [0.1, 0.15) is 0 Å². The first-order valence-electron chi connectivity index (χ1n) is 9.54. The summed E-state index contributed by atoms with van der Waals surface area (Å²) >= 11 is 6.68. The highest BCUT2D eigenvalue weighted by atomic mass is 35.5. The molecule has 2 aromatic rings. The molecule has 0 bridgehead atoms. The lowest BCUT2D eigenvalue weighted by molar-refractivity contribution is -0.134. The van der Waals surface area contributed by atoms with Gasteiger partial charge < -0.3 is 0 Å². The summed E-state index contributed by atoms with van der Waals surface area (Å²) in [5.41, 5.74) is 5.10. The molecule has 1 N–H and O–H groups in total. The normalized spacial score (nSPS) is 19.3. The third-order valence-corrected chi connectivity index (χ3v) is 5.70. The molecule has 0 radical (unpaired) electrons. The van der Waals surface area contributed by atoms with E-state index in [4.69, 9.17) is 11.6 Å². The van der Waals surface area contributed by atoms with E-state index in [2.05, 4.69) is 40.7 Å². The second-order valence-electron chi connectivity index (χ2n) is 7.20. The molecule has 1 fully saturated rings. The molecule has 142 valence electrons. The Balaban J connectivity index is 1.57. The molecule has 5 heteroatoms. The lowest BCUT2D eigenvalue weighted by atomic mass is 9.88. The standard InChI is InChI=1S/C23H21ClN2O2/c24-22-18(5-3-6-19(22)20-11-12-21(27)26-23(20)28)16-9-7-15(8-10-16)14-17-4-1-2-13-25-17/h2-3,5-10,13,20H,1,4,11-12,14H2,(H,26,27,28). The molecule has 0 saturated carbocycles. The van der Waals surface area contributed by atoms with E-state index < -0.39 is 0 Å². The van der Waals surface area contributed by atoms with Crippen molar-refractivity contribution in [2.24, 2.45) is 4.99 Å². The average Bonchev–Trinajstić information content (AvgIpc) is 2.70. The summed E-state index contributed by atoms with van der Waals surface area (Å²) in [6.07, 6.45) is 7.72. The number of carbonyl (C=O) groups is 2. The van der Waals surface area contributed by atoms with Crippen LogP contribution < -0.4 is 5.32 Å². The minimum Gasteiger partial charge on any atom is -0.296 e. The molecule has 4 rings (SSSR count). The zero-order valence-electron chi connectivity index (χ0n) is 15.5. The number of allylic oxidation sites excluding steroid dienone is 1. The van der Waals surface area contributed by atoms with Crippen LogP contribution in [0.2, 0.25) is 5.02 Å². The first-order valence-corrected chi connectivity index (χ1v) is 9.91. The number of piperidine rings is 1. The van der Waals surface area contributed by atoms with E-state index in [-0.39, 0.29) is 17.7 Å². The monoisotopic (exact) mass is 392 g/mol. The Bertz CT molecular complexity index is 977. The largest absolute Gasteiger partial charge is 0.296 e. The lowest BCUT2D eigenvalue weighted by Crippen LogP contribution is -2.39. The molecule has 0 aromatic heterocycles. The molecule has 28 heavy (non-hydrogen) atoms. The van der Waals surface area contributed by atoms with Gasteiger partial charge in [-0.1, -0.05) is 60.1 Å². The molecule has 2 amide bonds. The van der Waals surface area contributed by atoms with Crippen LogP contribution in [0.3, 0.4) is 0 Å². The third-order valence-electron chi connectivity index (χ3n) is 5.28. The van der Waals surface area contributed by atoms with Gasteiger partial charge in [0, 0.05) is 30.3 Å². The van der Waals surface area contributed by atoms with Gasteiger partial charge in [0.2, 0.25) is 11.8 Å². The van der Waals surface area contributed by atoms with Crippen molar-refractivity contribution in [2.75, 3.05) is 0 Å². The van der Waals surface area contributed by atoms with Crippen LogP contribution in [0.1, 0.15) is 42.7 Å². The summed E-state index contributed by atoms with van der Waals surface area (Å²) in [6, 6.07) is 14.1. The number of nitrogens with zero attached hydrogens (tertiary/aromatic N) is 1. The van der Waals surface area contributed by atoms with Gasteiger partial charge in [-0.3, -0.25) is 19.9 Å². The predicted octanol–water partition coefficient (Wildman–Crippen LogP) is 4.82. The molecule has 2 heterocycles. The molecule has 2 aliphatic heterocycles. The molecular weight excluding hydrogens is 372 g/mol. The zero-order chi connectivity index (χ0) is 19.5. The van der Waals surface area contributed by atoms with Crippen molar-refractivity contribution < 1.29 is 9.59 Å². The third kappa shape index (κ3) is 3.92. The highest BCUT2D eigenvalue weighted by molar-refractivity contribution is 6.34. The van der Waals surface area contributed by atoms with E-state index in [1.165, 1.54) is 11.3 Å². The fourth-order valence-electron chi connectivity index (χ4n) is 3.75. The number of imide groups is 1. The Morgan fingerprint density at radius 3 is 2.61 bits per heavy atom. The first-order chi connectivity index (χ1) is 13.6. The summed E-state index contributed by atoms with van der Waals surface area (Å²) in [5.74, 6) is -0.878. The van der Waals surface area contributed by atoms with Gasteiger partial charge in [-0.15, -0.1) is 0 Å². The van der Waals surface area contributed by atoms with E-state index in [1.54, 1.807) is 0 Å². The van der Waals surface area contributed by atoms with Gasteiger partial charge in [-0.05, 0) is 36.0 Å². The van der Waals surface area contributed by atoms with E-state index in [9.17, 15) is 9.59 Å². The molecular formula is C23H21ClN2O2. The van der Waals surface area contributed by atoms with Crippen molar-refractivity contribution in [3.63, 3.8) is 0 Å². The van der Waals surface area contributed by atoms with Crippen molar-refractivity contribution in [1.82, 2.24) is 5.32 Å². The first kappa shape index (κ1) is 18.6. The van der Waals surface area contributed by atoms with Crippen molar-refractivity contribution >= 4 is 29.1 Å². The molecule has 2 aliphatic rings. The highest BCUT2D eigenvalue weighted by Gasteiger charge is 2.30. The molecule has 2 aromatic carbocycles. The number of benzene rings is 2. The SMILES string of the molecule is O=C1CCC(c2cccc(-c3ccc(CC4=NC=CCC4)cc3)c2Cl)C(=O)N1. The number of halogens is 1. The van der Waals surface area contributed by atoms with Crippen LogP contribution in [-0.4, -0.2) is 17.5 Å². The smallest absolute Gasteiger partial charge is 0.234 e. The summed E-state index contributed by atoms with van der Waals surface area (Å²) in [5, 5.41) is 2.98. The van der Waals surface area contributed by atoms with Gasteiger partial charge in [-0.2, -0.15) is 0 Å². The van der Waals surface area contributed by atoms with Gasteiger partial charge >= 0.3 is 0 Å². The fourth-order valence-corrected chi connectivity index (χ4v) is 4.12.